The maximum atomic E-state index is 13.4. The monoisotopic (exact) mass is 468 g/mol. The number of para-hydroxylation sites is 3. The van der Waals surface area contributed by atoms with Crippen molar-refractivity contribution in [2.24, 2.45) is 0 Å². The van der Waals surface area contributed by atoms with Gasteiger partial charge < -0.3 is 18.8 Å². The van der Waals surface area contributed by atoms with Gasteiger partial charge in [0.15, 0.2) is 11.2 Å². The highest BCUT2D eigenvalue weighted by Crippen LogP contribution is 2.21. The van der Waals surface area contributed by atoms with E-state index in [4.69, 9.17) is 9.05 Å². The first-order chi connectivity index (χ1) is 17.1. The molecule has 0 saturated heterocycles. The lowest BCUT2D eigenvalue weighted by Gasteiger charge is -2.26. The topological polar surface area (TPSA) is 92.7 Å². The molecule has 176 valence electrons. The van der Waals surface area contributed by atoms with E-state index in [0.29, 0.717) is 35.6 Å². The average molecular weight is 469 g/mol. The Balaban J connectivity index is 1.28. The lowest BCUT2D eigenvalue weighted by Crippen LogP contribution is -2.40. The van der Waals surface area contributed by atoms with Crippen LogP contribution >= 0.6 is 0 Å². The van der Waals surface area contributed by atoms with E-state index in [1.165, 1.54) is 0 Å². The maximum Gasteiger partial charge on any atom is 0.233 e. The molecule has 0 saturated carbocycles. The third-order valence-corrected chi connectivity index (χ3v) is 6.00. The van der Waals surface area contributed by atoms with Gasteiger partial charge in [-0.1, -0.05) is 52.8 Å². The smallest absolute Gasteiger partial charge is 0.233 e. The van der Waals surface area contributed by atoms with Crippen molar-refractivity contribution >= 4 is 39.4 Å². The van der Waals surface area contributed by atoms with Crippen LogP contribution in [0.3, 0.4) is 0 Å². The van der Waals surface area contributed by atoms with Crippen molar-refractivity contribution in [3.8, 4) is 0 Å². The number of carbonyl (C=O) groups is 2. The zero-order valence-electron chi connectivity index (χ0n) is 19.3. The Morgan fingerprint density at radius 2 is 1.20 bits per heavy atom. The SMILES string of the molecule is CN(CCN(C(=O)Cc1noc2ccccc12)c1ccccc1)C(=O)Cc1noc2ccccc12. The van der Waals surface area contributed by atoms with E-state index in [9.17, 15) is 9.59 Å². The van der Waals surface area contributed by atoms with E-state index < -0.39 is 0 Å². The van der Waals surface area contributed by atoms with Crippen LogP contribution < -0.4 is 4.90 Å². The minimum Gasteiger partial charge on any atom is -0.356 e. The first-order valence-electron chi connectivity index (χ1n) is 11.4. The lowest BCUT2D eigenvalue weighted by atomic mass is 10.1. The number of anilines is 1. The number of benzene rings is 3. The summed E-state index contributed by atoms with van der Waals surface area (Å²) in [6, 6.07) is 24.3. The van der Waals surface area contributed by atoms with Gasteiger partial charge in [-0.15, -0.1) is 0 Å². The summed E-state index contributed by atoms with van der Waals surface area (Å²) >= 11 is 0. The van der Waals surface area contributed by atoms with Crippen molar-refractivity contribution in [3.63, 3.8) is 0 Å². The number of amides is 2. The van der Waals surface area contributed by atoms with Crippen molar-refractivity contribution in [3.05, 3.63) is 90.3 Å². The van der Waals surface area contributed by atoms with E-state index in [0.717, 1.165) is 16.5 Å². The Hall–Kier alpha value is -4.46. The molecule has 0 N–H and O–H groups in total. The molecule has 0 radical (unpaired) electrons. The molecule has 0 bridgehead atoms. The number of fused-ring (bicyclic) bond motifs is 2. The summed E-state index contributed by atoms with van der Waals surface area (Å²) in [5.74, 6) is -0.231. The molecule has 0 fully saturated rings. The van der Waals surface area contributed by atoms with Gasteiger partial charge >= 0.3 is 0 Å². The van der Waals surface area contributed by atoms with Crippen LogP contribution in [-0.2, 0) is 22.4 Å². The molecule has 5 rings (SSSR count). The number of aromatic nitrogens is 2. The normalized spacial score (nSPS) is 11.1. The molecule has 3 aromatic carbocycles. The van der Waals surface area contributed by atoms with Crippen LogP contribution in [0, 0.1) is 0 Å². The predicted molar refractivity (Wildman–Crippen MR) is 132 cm³/mol. The summed E-state index contributed by atoms with van der Waals surface area (Å²) in [6.45, 7) is 0.690. The molecule has 8 heteroatoms. The van der Waals surface area contributed by atoms with Gasteiger partial charge in [0.25, 0.3) is 0 Å². The summed E-state index contributed by atoms with van der Waals surface area (Å²) < 4.78 is 10.7. The van der Waals surface area contributed by atoms with Crippen molar-refractivity contribution in [2.45, 2.75) is 12.8 Å². The van der Waals surface area contributed by atoms with E-state index in [1.54, 1.807) is 16.8 Å². The quantitative estimate of drug-likeness (QED) is 0.338. The molecule has 0 atom stereocenters. The van der Waals surface area contributed by atoms with Gasteiger partial charge in [0.2, 0.25) is 11.8 Å². The number of hydrogen-bond donors (Lipinski definition) is 0. The van der Waals surface area contributed by atoms with E-state index >= 15 is 0 Å². The number of nitrogens with zero attached hydrogens (tertiary/aromatic N) is 4. The highest BCUT2D eigenvalue weighted by Gasteiger charge is 2.21. The second kappa shape index (κ2) is 9.80. The summed E-state index contributed by atoms with van der Waals surface area (Å²) in [5.41, 5.74) is 3.25. The van der Waals surface area contributed by atoms with E-state index in [2.05, 4.69) is 10.3 Å². The third kappa shape index (κ3) is 4.77. The van der Waals surface area contributed by atoms with Crippen LogP contribution in [0.1, 0.15) is 11.4 Å². The van der Waals surface area contributed by atoms with Gasteiger partial charge in [0, 0.05) is 36.6 Å². The molecular formula is C27H24N4O4. The molecule has 8 nitrogen and oxygen atoms in total. The Morgan fingerprint density at radius 1 is 0.686 bits per heavy atom. The number of hydrogen-bond acceptors (Lipinski definition) is 6. The van der Waals surface area contributed by atoms with Crippen LogP contribution in [-0.4, -0.2) is 47.2 Å². The molecule has 0 aliphatic heterocycles. The van der Waals surface area contributed by atoms with Crippen LogP contribution in [0.2, 0.25) is 0 Å². The molecule has 2 heterocycles. The Morgan fingerprint density at radius 3 is 1.80 bits per heavy atom. The van der Waals surface area contributed by atoms with E-state index in [-0.39, 0.29) is 24.7 Å². The summed E-state index contributed by atoms with van der Waals surface area (Å²) in [6.07, 6.45) is 0.215. The van der Waals surface area contributed by atoms with Gasteiger partial charge in [-0.3, -0.25) is 9.59 Å². The zero-order chi connectivity index (χ0) is 24.2. The van der Waals surface area contributed by atoms with Crippen LogP contribution in [0.15, 0.2) is 87.9 Å². The van der Waals surface area contributed by atoms with Crippen molar-refractivity contribution in [1.82, 2.24) is 15.2 Å². The van der Waals surface area contributed by atoms with Gasteiger partial charge in [-0.2, -0.15) is 0 Å². The second-order valence-electron chi connectivity index (χ2n) is 8.30. The Labute approximate surface area is 201 Å². The molecule has 2 amide bonds. The Bertz CT molecular complexity index is 1470. The van der Waals surface area contributed by atoms with Crippen molar-refractivity contribution in [2.75, 3.05) is 25.0 Å². The molecular weight excluding hydrogens is 444 g/mol. The van der Waals surface area contributed by atoms with Gasteiger partial charge in [0.1, 0.15) is 11.4 Å². The van der Waals surface area contributed by atoms with Gasteiger partial charge in [-0.25, -0.2) is 0 Å². The third-order valence-electron chi connectivity index (χ3n) is 6.00. The molecule has 0 spiro atoms. The lowest BCUT2D eigenvalue weighted by molar-refractivity contribution is -0.129. The number of carbonyl (C=O) groups excluding carboxylic acids is 2. The fourth-order valence-electron chi connectivity index (χ4n) is 4.03. The first-order valence-corrected chi connectivity index (χ1v) is 11.4. The molecule has 0 aliphatic rings. The summed E-state index contributed by atoms with van der Waals surface area (Å²) in [7, 11) is 1.73. The largest absolute Gasteiger partial charge is 0.356 e. The summed E-state index contributed by atoms with van der Waals surface area (Å²) in [5, 5.41) is 9.80. The molecule has 2 aromatic heterocycles. The minimum absolute atomic E-state index is 0.0918. The van der Waals surface area contributed by atoms with Crippen LogP contribution in [0.25, 0.3) is 21.9 Å². The predicted octanol–water partition coefficient (Wildman–Crippen LogP) is 4.25. The first kappa shape index (κ1) is 22.3. The Kier molecular flexibility index (Phi) is 6.26. The van der Waals surface area contributed by atoms with E-state index in [1.807, 2.05) is 78.9 Å². The highest BCUT2D eigenvalue weighted by molar-refractivity contribution is 5.96. The van der Waals surface area contributed by atoms with Crippen LogP contribution in [0.4, 0.5) is 5.69 Å². The molecule has 0 aliphatic carbocycles. The zero-order valence-corrected chi connectivity index (χ0v) is 19.3. The number of likely N-dealkylation sites (N-methyl/N-ethyl adjacent to an activating group) is 1. The summed E-state index contributed by atoms with van der Waals surface area (Å²) in [4.78, 5) is 29.5. The molecule has 35 heavy (non-hydrogen) atoms. The van der Waals surface area contributed by atoms with Crippen molar-refractivity contribution in [1.29, 1.82) is 0 Å². The highest BCUT2D eigenvalue weighted by atomic mass is 16.5. The fraction of sp³-hybridized carbons (Fsp3) is 0.185. The fourth-order valence-corrected chi connectivity index (χ4v) is 4.03. The van der Waals surface area contributed by atoms with Crippen molar-refractivity contribution < 1.29 is 18.6 Å². The second-order valence-corrected chi connectivity index (χ2v) is 8.30. The van der Waals surface area contributed by atoms with Gasteiger partial charge in [-0.05, 0) is 36.4 Å². The standard InChI is InChI=1S/C27H24N4O4/c1-30(26(32)17-22-20-11-5-7-13-24(20)34-28-22)15-16-31(19-9-3-2-4-10-19)27(33)18-23-21-12-6-8-14-25(21)35-29-23/h2-14H,15-18H2,1H3. The number of rotatable bonds is 8. The molecule has 0 unspecified atom stereocenters. The van der Waals surface area contributed by atoms with Gasteiger partial charge in [0.05, 0.1) is 12.8 Å². The average Bonchev–Trinajstić information content (AvgIpc) is 3.49. The minimum atomic E-state index is -0.126. The maximum absolute atomic E-state index is 13.4. The molecule has 5 aromatic rings. The van der Waals surface area contributed by atoms with Crippen LogP contribution in [0.5, 0.6) is 0 Å².